The molecule has 1 atom stereocenters. The molecular formula is C29H30ClN3O5. The Morgan fingerprint density at radius 3 is 2.42 bits per heavy atom. The first kappa shape index (κ1) is 27.1. The summed E-state index contributed by atoms with van der Waals surface area (Å²) in [6.45, 7) is 5.93. The molecule has 0 spiro atoms. The van der Waals surface area contributed by atoms with Crippen LogP contribution in [0.3, 0.4) is 0 Å². The standard InChI is InChI=1S/C29H30ClN3O5/c1-4-32(21-11-9-20(30)10-12-21)27(35)23-15-17-33(24-6-5-16-31-25(23)24)26(34)19-7-13-22(14-8-19)38-18-29(2,3)28(36)37/h5-14,16,23H,4,15,17-18H2,1-3H3,(H,36,37)/t23-/m0/s1. The number of carbonyl (C=O) groups is 3. The number of halogens is 1. The van der Waals surface area contributed by atoms with E-state index in [1.807, 2.05) is 25.1 Å². The van der Waals surface area contributed by atoms with Crippen LogP contribution in [0.5, 0.6) is 5.75 Å². The Morgan fingerprint density at radius 2 is 1.79 bits per heavy atom. The average Bonchev–Trinajstić information content (AvgIpc) is 2.92. The van der Waals surface area contributed by atoms with Gasteiger partial charge < -0.3 is 19.6 Å². The maximum Gasteiger partial charge on any atom is 0.312 e. The second-order valence-corrected chi connectivity index (χ2v) is 10.2. The van der Waals surface area contributed by atoms with Crippen LogP contribution < -0.4 is 14.5 Å². The first-order valence-electron chi connectivity index (χ1n) is 12.4. The average molecular weight is 536 g/mol. The maximum atomic E-state index is 13.6. The number of carboxylic acids is 1. The van der Waals surface area contributed by atoms with E-state index in [-0.39, 0.29) is 18.4 Å². The topological polar surface area (TPSA) is 100 Å². The van der Waals surface area contributed by atoms with Crippen LogP contribution in [0.25, 0.3) is 0 Å². The highest BCUT2D eigenvalue weighted by atomic mass is 35.5. The predicted molar refractivity (Wildman–Crippen MR) is 146 cm³/mol. The van der Waals surface area contributed by atoms with Crippen LogP contribution in [0, 0.1) is 5.41 Å². The fourth-order valence-corrected chi connectivity index (χ4v) is 4.45. The number of benzene rings is 2. The number of nitrogens with zero attached hydrogens (tertiary/aromatic N) is 3. The first-order valence-corrected chi connectivity index (χ1v) is 12.8. The predicted octanol–water partition coefficient (Wildman–Crippen LogP) is 5.41. The number of hydrogen-bond acceptors (Lipinski definition) is 5. The molecule has 0 radical (unpaired) electrons. The molecule has 2 amide bonds. The summed E-state index contributed by atoms with van der Waals surface area (Å²) in [4.78, 5) is 46.3. The fraction of sp³-hybridized carbons (Fsp3) is 0.310. The van der Waals surface area contributed by atoms with E-state index in [0.717, 1.165) is 5.69 Å². The molecule has 2 aromatic carbocycles. The third-order valence-corrected chi connectivity index (χ3v) is 6.87. The Morgan fingerprint density at radius 1 is 1.11 bits per heavy atom. The van der Waals surface area contributed by atoms with Gasteiger partial charge in [-0.2, -0.15) is 0 Å². The molecule has 8 nitrogen and oxygen atoms in total. The summed E-state index contributed by atoms with van der Waals surface area (Å²) in [7, 11) is 0. The van der Waals surface area contributed by atoms with Gasteiger partial charge in [0.2, 0.25) is 5.91 Å². The van der Waals surface area contributed by atoms with Gasteiger partial charge in [0.05, 0.1) is 22.7 Å². The Labute approximate surface area is 226 Å². The number of aliphatic carboxylic acids is 1. The van der Waals surface area contributed by atoms with Gasteiger partial charge in [-0.05, 0) is 87.9 Å². The smallest absolute Gasteiger partial charge is 0.312 e. The molecule has 1 aliphatic rings. The summed E-state index contributed by atoms with van der Waals surface area (Å²) in [5.74, 6) is -1.25. The number of amides is 2. The Balaban J connectivity index is 1.53. The van der Waals surface area contributed by atoms with E-state index < -0.39 is 17.3 Å². The van der Waals surface area contributed by atoms with E-state index in [1.54, 1.807) is 72.3 Å². The molecule has 1 aromatic heterocycles. The summed E-state index contributed by atoms with van der Waals surface area (Å²) in [6, 6.07) is 17.3. The number of rotatable bonds is 8. The van der Waals surface area contributed by atoms with Crippen molar-refractivity contribution >= 4 is 40.8 Å². The normalized spacial score (nSPS) is 14.9. The molecule has 0 saturated carbocycles. The van der Waals surface area contributed by atoms with E-state index >= 15 is 0 Å². The molecule has 2 heterocycles. The molecule has 9 heteroatoms. The molecule has 1 N–H and O–H groups in total. The van der Waals surface area contributed by atoms with Crippen molar-refractivity contribution in [3.8, 4) is 5.75 Å². The SMILES string of the molecule is CCN(C(=O)[C@H]1CCN(C(=O)c2ccc(OCC(C)(C)C(=O)O)cc2)c2cccnc21)c1ccc(Cl)cc1. The second-order valence-electron chi connectivity index (χ2n) is 9.77. The molecule has 1 aliphatic heterocycles. The summed E-state index contributed by atoms with van der Waals surface area (Å²) < 4.78 is 5.62. The zero-order chi connectivity index (χ0) is 27.4. The number of ether oxygens (including phenoxy) is 1. The summed E-state index contributed by atoms with van der Waals surface area (Å²) in [6.07, 6.45) is 2.07. The zero-order valence-electron chi connectivity index (χ0n) is 21.6. The number of carbonyl (C=O) groups excluding carboxylic acids is 2. The number of hydrogen-bond donors (Lipinski definition) is 1. The molecular weight excluding hydrogens is 506 g/mol. The molecule has 38 heavy (non-hydrogen) atoms. The third-order valence-electron chi connectivity index (χ3n) is 6.62. The van der Waals surface area contributed by atoms with Crippen molar-refractivity contribution < 1.29 is 24.2 Å². The van der Waals surface area contributed by atoms with Gasteiger partial charge in [0.25, 0.3) is 5.91 Å². The van der Waals surface area contributed by atoms with Crippen molar-refractivity contribution in [2.45, 2.75) is 33.1 Å². The molecule has 3 aromatic rings. The van der Waals surface area contributed by atoms with Crippen LogP contribution >= 0.6 is 11.6 Å². The quantitative estimate of drug-likeness (QED) is 0.414. The van der Waals surface area contributed by atoms with Crippen molar-refractivity contribution in [1.29, 1.82) is 0 Å². The van der Waals surface area contributed by atoms with Crippen molar-refractivity contribution in [2.24, 2.45) is 5.41 Å². The van der Waals surface area contributed by atoms with Crippen LogP contribution in [0.1, 0.15) is 49.2 Å². The highest BCUT2D eigenvalue weighted by molar-refractivity contribution is 6.30. The summed E-state index contributed by atoms with van der Waals surface area (Å²) >= 11 is 6.03. The lowest BCUT2D eigenvalue weighted by atomic mass is 9.92. The first-order chi connectivity index (χ1) is 18.1. The lowest BCUT2D eigenvalue weighted by Gasteiger charge is -2.35. The molecule has 0 aliphatic carbocycles. The number of likely N-dealkylation sites (N-methyl/N-ethyl adjacent to an activating group) is 1. The van der Waals surface area contributed by atoms with Crippen molar-refractivity contribution in [3.05, 3.63) is 83.1 Å². The minimum absolute atomic E-state index is 0.00100. The van der Waals surface area contributed by atoms with Crippen LogP contribution in [0.15, 0.2) is 66.9 Å². The summed E-state index contributed by atoms with van der Waals surface area (Å²) in [5, 5.41) is 9.86. The minimum Gasteiger partial charge on any atom is -0.492 e. The lowest BCUT2D eigenvalue weighted by molar-refractivity contribution is -0.148. The highest BCUT2D eigenvalue weighted by Crippen LogP contribution is 2.36. The van der Waals surface area contributed by atoms with E-state index in [0.29, 0.717) is 47.2 Å². The molecule has 198 valence electrons. The molecule has 4 rings (SSSR count). The molecule has 0 bridgehead atoms. The van der Waals surface area contributed by atoms with E-state index in [9.17, 15) is 19.5 Å². The van der Waals surface area contributed by atoms with Gasteiger partial charge in [0.15, 0.2) is 0 Å². The Bertz CT molecular complexity index is 1320. The number of aromatic nitrogens is 1. The number of pyridine rings is 1. The number of carboxylic acid groups (broad SMARTS) is 1. The minimum atomic E-state index is -1.03. The van der Waals surface area contributed by atoms with Gasteiger partial charge >= 0.3 is 5.97 Å². The van der Waals surface area contributed by atoms with Gasteiger partial charge in [0, 0.05) is 35.6 Å². The number of fused-ring (bicyclic) bond motifs is 1. The lowest BCUT2D eigenvalue weighted by Crippen LogP contribution is -2.42. The summed E-state index contributed by atoms with van der Waals surface area (Å²) in [5.41, 5.74) is 1.35. The van der Waals surface area contributed by atoms with Crippen LogP contribution in [-0.2, 0) is 9.59 Å². The molecule has 0 saturated heterocycles. The Kier molecular flexibility index (Phi) is 8.02. The Hall–Kier alpha value is -3.91. The van der Waals surface area contributed by atoms with Gasteiger partial charge in [-0.1, -0.05) is 11.6 Å². The largest absolute Gasteiger partial charge is 0.492 e. The van der Waals surface area contributed by atoms with Gasteiger partial charge in [-0.3, -0.25) is 19.4 Å². The van der Waals surface area contributed by atoms with Crippen LogP contribution in [-0.4, -0.2) is 47.6 Å². The molecule has 0 unspecified atom stereocenters. The zero-order valence-corrected chi connectivity index (χ0v) is 22.3. The van der Waals surface area contributed by atoms with Crippen molar-refractivity contribution in [1.82, 2.24) is 4.98 Å². The van der Waals surface area contributed by atoms with Crippen molar-refractivity contribution in [3.63, 3.8) is 0 Å². The van der Waals surface area contributed by atoms with Crippen molar-refractivity contribution in [2.75, 3.05) is 29.5 Å². The van der Waals surface area contributed by atoms with Crippen LogP contribution in [0.2, 0.25) is 5.02 Å². The fourth-order valence-electron chi connectivity index (χ4n) is 4.32. The van der Waals surface area contributed by atoms with Crippen LogP contribution in [0.4, 0.5) is 11.4 Å². The van der Waals surface area contributed by atoms with Gasteiger partial charge in [-0.15, -0.1) is 0 Å². The van der Waals surface area contributed by atoms with E-state index in [1.165, 1.54) is 0 Å². The van der Waals surface area contributed by atoms with E-state index in [2.05, 4.69) is 4.98 Å². The monoisotopic (exact) mass is 535 g/mol. The highest BCUT2D eigenvalue weighted by Gasteiger charge is 2.36. The molecule has 0 fully saturated rings. The maximum absolute atomic E-state index is 13.6. The van der Waals surface area contributed by atoms with E-state index in [4.69, 9.17) is 16.3 Å². The van der Waals surface area contributed by atoms with Gasteiger partial charge in [-0.25, -0.2) is 0 Å². The number of anilines is 2. The second kappa shape index (κ2) is 11.2. The van der Waals surface area contributed by atoms with Gasteiger partial charge in [0.1, 0.15) is 12.4 Å². The third kappa shape index (κ3) is 5.65.